The Kier molecular flexibility index (Phi) is 3.33. The summed E-state index contributed by atoms with van der Waals surface area (Å²) in [6.07, 6.45) is 0.0192. The van der Waals surface area contributed by atoms with Gasteiger partial charge in [0.15, 0.2) is 0 Å². The first-order valence-corrected chi connectivity index (χ1v) is 5.63. The molecular weight excluding hydrogens is 240 g/mol. The fourth-order valence-electron chi connectivity index (χ4n) is 1.59. The monoisotopic (exact) mass is 255 g/mol. The summed E-state index contributed by atoms with van der Waals surface area (Å²) >= 11 is 3.39. The second kappa shape index (κ2) is 3.81. The average Bonchev–Trinajstić information content (AvgIpc) is 2.29. The summed E-state index contributed by atoms with van der Waals surface area (Å²) in [5.41, 5.74) is 0.0837. The molecule has 1 nitrogen and oxygen atoms in total. The van der Waals surface area contributed by atoms with E-state index < -0.39 is 5.92 Å². The highest BCUT2D eigenvalue weighted by atomic mass is 79.9. The lowest BCUT2D eigenvalue weighted by atomic mass is 9.96. The van der Waals surface area contributed by atoms with Crippen molar-refractivity contribution >= 4 is 15.9 Å². The van der Waals surface area contributed by atoms with Crippen molar-refractivity contribution in [3.63, 3.8) is 0 Å². The topological polar surface area (TPSA) is 3.24 Å². The fourth-order valence-corrected chi connectivity index (χ4v) is 1.77. The number of hydrogen-bond donors (Lipinski definition) is 0. The minimum absolute atomic E-state index is 0.0192. The van der Waals surface area contributed by atoms with Crippen LogP contribution in [-0.2, 0) is 0 Å². The molecule has 0 aliphatic carbocycles. The highest BCUT2D eigenvalue weighted by molar-refractivity contribution is 9.09. The highest BCUT2D eigenvalue weighted by Crippen LogP contribution is 2.30. The zero-order valence-corrected chi connectivity index (χ0v) is 9.70. The van der Waals surface area contributed by atoms with Gasteiger partial charge in [-0.25, -0.2) is 8.78 Å². The summed E-state index contributed by atoms with van der Waals surface area (Å²) < 4.78 is 25.6. The van der Waals surface area contributed by atoms with Crippen molar-refractivity contribution in [2.45, 2.75) is 26.2 Å². The smallest absolute Gasteiger partial charge is 0.261 e. The maximum Gasteiger partial charge on any atom is 0.261 e. The summed E-state index contributed by atoms with van der Waals surface area (Å²) in [6.45, 7) is 5.37. The van der Waals surface area contributed by atoms with E-state index in [-0.39, 0.29) is 18.4 Å². The molecule has 0 bridgehead atoms. The van der Waals surface area contributed by atoms with Crippen molar-refractivity contribution in [3.05, 3.63) is 0 Å². The third kappa shape index (κ3) is 3.50. The lowest BCUT2D eigenvalue weighted by Gasteiger charge is -2.27. The van der Waals surface area contributed by atoms with E-state index >= 15 is 0 Å². The molecule has 78 valence electrons. The van der Waals surface area contributed by atoms with Crippen molar-refractivity contribution in [2.24, 2.45) is 5.41 Å². The van der Waals surface area contributed by atoms with Crippen molar-refractivity contribution in [1.82, 2.24) is 4.90 Å². The average molecular weight is 256 g/mol. The first-order valence-electron chi connectivity index (χ1n) is 4.51. The largest absolute Gasteiger partial charge is 0.297 e. The molecule has 0 radical (unpaired) electrons. The van der Waals surface area contributed by atoms with Crippen molar-refractivity contribution < 1.29 is 8.78 Å². The Hall–Kier alpha value is 0.300. The summed E-state index contributed by atoms with van der Waals surface area (Å²) in [4.78, 5) is 1.85. The van der Waals surface area contributed by atoms with Crippen LogP contribution in [-0.4, -0.2) is 35.8 Å². The molecule has 1 rings (SSSR count). The van der Waals surface area contributed by atoms with Crippen LogP contribution in [0.3, 0.4) is 0 Å². The molecule has 0 aromatic heterocycles. The van der Waals surface area contributed by atoms with E-state index in [0.717, 1.165) is 11.9 Å². The Morgan fingerprint density at radius 2 is 2.08 bits per heavy atom. The third-order valence-corrected chi connectivity index (χ3v) is 3.78. The number of nitrogens with zero attached hydrogens (tertiary/aromatic N) is 1. The molecule has 0 aromatic carbocycles. The van der Waals surface area contributed by atoms with Gasteiger partial charge in [-0.1, -0.05) is 29.8 Å². The summed E-state index contributed by atoms with van der Waals surface area (Å²) in [6, 6.07) is 0. The number of hydrogen-bond acceptors (Lipinski definition) is 1. The van der Waals surface area contributed by atoms with E-state index in [9.17, 15) is 8.78 Å². The summed E-state index contributed by atoms with van der Waals surface area (Å²) in [5.74, 6) is -2.46. The van der Waals surface area contributed by atoms with Gasteiger partial charge in [0, 0.05) is 24.8 Å². The molecular formula is C9H16BrF2N. The zero-order chi connectivity index (χ0) is 10.1. The Morgan fingerprint density at radius 1 is 1.46 bits per heavy atom. The van der Waals surface area contributed by atoms with Gasteiger partial charge < -0.3 is 0 Å². The van der Waals surface area contributed by atoms with Gasteiger partial charge in [-0.2, -0.15) is 0 Å². The first kappa shape index (κ1) is 11.4. The standard InChI is InChI=1S/C9H16BrF2N/c1-8(2,5-10)6-13-4-3-9(11,12)7-13/h3-7H2,1-2H3. The van der Waals surface area contributed by atoms with Gasteiger partial charge in [0.1, 0.15) is 0 Å². The summed E-state index contributed by atoms with van der Waals surface area (Å²) in [5, 5.41) is 0.849. The second-order valence-corrected chi connectivity index (χ2v) is 5.18. The molecule has 1 aliphatic heterocycles. The van der Waals surface area contributed by atoms with Crippen LogP contribution in [0.4, 0.5) is 8.78 Å². The molecule has 0 spiro atoms. The second-order valence-electron chi connectivity index (χ2n) is 4.61. The normalized spacial score (nSPS) is 23.8. The Balaban J connectivity index is 2.40. The van der Waals surface area contributed by atoms with Crippen LogP contribution >= 0.6 is 15.9 Å². The predicted octanol–water partition coefficient (Wildman–Crippen LogP) is 2.75. The van der Waals surface area contributed by atoms with E-state index in [0.29, 0.717) is 6.54 Å². The molecule has 4 heteroatoms. The SMILES string of the molecule is CC(C)(CBr)CN1CCC(F)(F)C1. The van der Waals surface area contributed by atoms with Crippen LogP contribution in [0.2, 0.25) is 0 Å². The molecule has 13 heavy (non-hydrogen) atoms. The molecule has 1 fully saturated rings. The van der Waals surface area contributed by atoms with Crippen molar-refractivity contribution in [2.75, 3.05) is 25.0 Å². The molecule has 1 heterocycles. The van der Waals surface area contributed by atoms with E-state index in [1.807, 2.05) is 4.90 Å². The lowest BCUT2D eigenvalue weighted by Crippen LogP contribution is -2.35. The van der Waals surface area contributed by atoms with Gasteiger partial charge in [0.2, 0.25) is 0 Å². The van der Waals surface area contributed by atoms with Crippen molar-refractivity contribution in [3.8, 4) is 0 Å². The molecule has 0 amide bonds. The van der Waals surface area contributed by atoms with Crippen LogP contribution in [0.1, 0.15) is 20.3 Å². The Morgan fingerprint density at radius 3 is 2.46 bits per heavy atom. The van der Waals surface area contributed by atoms with Gasteiger partial charge in [0.25, 0.3) is 5.92 Å². The van der Waals surface area contributed by atoms with Crippen LogP contribution in [0.15, 0.2) is 0 Å². The van der Waals surface area contributed by atoms with Crippen LogP contribution < -0.4 is 0 Å². The van der Waals surface area contributed by atoms with Gasteiger partial charge in [-0.15, -0.1) is 0 Å². The molecule has 1 aliphatic rings. The lowest BCUT2D eigenvalue weighted by molar-refractivity contribution is 0.00958. The van der Waals surface area contributed by atoms with Crippen LogP contribution in [0, 0.1) is 5.41 Å². The third-order valence-electron chi connectivity index (χ3n) is 2.26. The maximum absolute atomic E-state index is 12.8. The Bertz CT molecular complexity index is 182. The summed E-state index contributed by atoms with van der Waals surface area (Å²) in [7, 11) is 0. The van der Waals surface area contributed by atoms with E-state index in [1.165, 1.54) is 0 Å². The molecule has 0 atom stereocenters. The van der Waals surface area contributed by atoms with E-state index in [1.54, 1.807) is 0 Å². The van der Waals surface area contributed by atoms with Crippen LogP contribution in [0.25, 0.3) is 0 Å². The maximum atomic E-state index is 12.8. The minimum atomic E-state index is -2.46. The van der Waals surface area contributed by atoms with E-state index in [4.69, 9.17) is 0 Å². The fraction of sp³-hybridized carbons (Fsp3) is 1.00. The quantitative estimate of drug-likeness (QED) is 0.702. The predicted molar refractivity (Wildman–Crippen MR) is 53.6 cm³/mol. The molecule has 0 unspecified atom stereocenters. The van der Waals surface area contributed by atoms with E-state index in [2.05, 4.69) is 29.8 Å². The molecule has 0 aromatic rings. The minimum Gasteiger partial charge on any atom is -0.297 e. The Labute approximate surface area is 86.6 Å². The molecule has 1 saturated heterocycles. The van der Waals surface area contributed by atoms with Gasteiger partial charge in [-0.05, 0) is 5.41 Å². The number of rotatable bonds is 3. The number of halogens is 3. The molecule has 0 N–H and O–H groups in total. The van der Waals surface area contributed by atoms with Gasteiger partial charge in [-0.3, -0.25) is 4.90 Å². The van der Waals surface area contributed by atoms with Crippen LogP contribution in [0.5, 0.6) is 0 Å². The first-order chi connectivity index (χ1) is 5.85. The number of likely N-dealkylation sites (tertiary alicyclic amines) is 1. The zero-order valence-electron chi connectivity index (χ0n) is 8.12. The molecule has 0 saturated carbocycles. The van der Waals surface area contributed by atoms with Crippen molar-refractivity contribution in [1.29, 1.82) is 0 Å². The highest BCUT2D eigenvalue weighted by Gasteiger charge is 2.39. The van der Waals surface area contributed by atoms with Gasteiger partial charge in [0.05, 0.1) is 6.54 Å². The number of alkyl halides is 3. The van der Waals surface area contributed by atoms with Gasteiger partial charge >= 0.3 is 0 Å².